The van der Waals surface area contributed by atoms with E-state index >= 15 is 0 Å². The van der Waals surface area contributed by atoms with Crippen LogP contribution in [-0.2, 0) is 21.4 Å². The number of aromatic nitrogens is 2. The number of sulfonamides is 1. The summed E-state index contributed by atoms with van der Waals surface area (Å²) in [5.74, 6) is -0.916. The molecule has 0 bridgehead atoms. The first-order valence-electron chi connectivity index (χ1n) is 7.93. The van der Waals surface area contributed by atoms with Crippen molar-refractivity contribution in [3.8, 4) is 0 Å². The minimum atomic E-state index is -3.89. The zero-order valence-electron chi connectivity index (χ0n) is 13.9. The Labute approximate surface area is 146 Å². The highest BCUT2D eigenvalue weighted by atomic mass is 32.2. The number of nitrogens with one attached hydrogen (secondary N) is 2. The second kappa shape index (κ2) is 8.72. The second-order valence-corrected chi connectivity index (χ2v) is 7.20. The van der Waals surface area contributed by atoms with Crippen LogP contribution in [-0.4, -0.2) is 36.5 Å². The van der Waals surface area contributed by atoms with Crippen LogP contribution in [0.15, 0.2) is 47.9 Å². The van der Waals surface area contributed by atoms with Gasteiger partial charge in [-0.05, 0) is 37.1 Å². The molecule has 1 unspecified atom stereocenters. The minimum Gasteiger partial charge on any atom is -0.355 e. The van der Waals surface area contributed by atoms with Crippen LogP contribution in [0.5, 0.6) is 0 Å². The predicted molar refractivity (Wildman–Crippen MR) is 90.7 cm³/mol. The Kier molecular flexibility index (Phi) is 6.65. The van der Waals surface area contributed by atoms with Gasteiger partial charge >= 0.3 is 0 Å². The van der Waals surface area contributed by atoms with Crippen molar-refractivity contribution in [3.63, 3.8) is 0 Å². The molecule has 0 aliphatic carbocycles. The molecule has 7 nitrogen and oxygen atoms in total. The molecule has 9 heteroatoms. The van der Waals surface area contributed by atoms with Crippen molar-refractivity contribution in [1.82, 2.24) is 19.6 Å². The van der Waals surface area contributed by atoms with Gasteiger partial charge < -0.3 is 9.88 Å². The molecule has 0 saturated carbocycles. The van der Waals surface area contributed by atoms with Crippen LogP contribution in [0.1, 0.15) is 19.8 Å². The van der Waals surface area contributed by atoms with Crippen LogP contribution in [0, 0.1) is 5.82 Å². The molecule has 1 aromatic heterocycles. The fraction of sp³-hybridized carbons (Fsp3) is 0.375. The van der Waals surface area contributed by atoms with Gasteiger partial charge in [0.15, 0.2) is 0 Å². The molecule has 136 valence electrons. The van der Waals surface area contributed by atoms with E-state index in [-0.39, 0.29) is 10.8 Å². The van der Waals surface area contributed by atoms with Crippen molar-refractivity contribution in [2.24, 2.45) is 0 Å². The Morgan fingerprint density at radius 3 is 2.64 bits per heavy atom. The van der Waals surface area contributed by atoms with Gasteiger partial charge in [0, 0.05) is 25.5 Å². The van der Waals surface area contributed by atoms with E-state index in [1.54, 1.807) is 19.4 Å². The number of amides is 1. The number of hydrogen-bond acceptors (Lipinski definition) is 4. The number of rotatable bonds is 9. The molecule has 1 amide bonds. The lowest BCUT2D eigenvalue weighted by Gasteiger charge is -2.17. The molecular formula is C16H21FN4O3S. The van der Waals surface area contributed by atoms with E-state index in [0.29, 0.717) is 25.9 Å². The number of benzene rings is 1. The summed E-state index contributed by atoms with van der Waals surface area (Å²) in [6.45, 7) is 2.84. The molecule has 0 saturated heterocycles. The molecule has 1 atom stereocenters. The largest absolute Gasteiger partial charge is 0.355 e. The molecule has 0 fully saturated rings. The molecule has 2 rings (SSSR count). The van der Waals surface area contributed by atoms with E-state index in [1.165, 1.54) is 0 Å². The molecular weight excluding hydrogens is 347 g/mol. The second-order valence-electron chi connectivity index (χ2n) is 5.48. The standard InChI is InChI=1S/C16H21FN4O3S/c1-2-15(16(22)19-8-3-10-21-11-9-18-12-21)20-25(23,24)14-6-4-13(17)5-7-14/h4-7,9,11-12,15,20H,2-3,8,10H2,1H3,(H,19,22). The summed E-state index contributed by atoms with van der Waals surface area (Å²) in [6, 6.07) is 3.56. The molecule has 25 heavy (non-hydrogen) atoms. The molecule has 1 heterocycles. The third kappa shape index (κ3) is 5.64. The third-order valence-electron chi connectivity index (χ3n) is 3.60. The van der Waals surface area contributed by atoms with Crippen LogP contribution in [0.4, 0.5) is 4.39 Å². The number of halogens is 1. The van der Waals surface area contributed by atoms with Gasteiger partial charge in [-0.2, -0.15) is 4.72 Å². The lowest BCUT2D eigenvalue weighted by atomic mass is 10.2. The van der Waals surface area contributed by atoms with Crippen molar-refractivity contribution < 1.29 is 17.6 Å². The maximum Gasteiger partial charge on any atom is 0.241 e. The highest BCUT2D eigenvalue weighted by molar-refractivity contribution is 7.89. The Bertz CT molecular complexity index is 776. The number of carbonyl (C=O) groups excluding carboxylic acids is 1. The van der Waals surface area contributed by atoms with Crippen molar-refractivity contribution in [2.45, 2.75) is 37.2 Å². The van der Waals surface area contributed by atoms with Gasteiger partial charge in [0.05, 0.1) is 11.2 Å². The Morgan fingerprint density at radius 2 is 2.04 bits per heavy atom. The summed E-state index contributed by atoms with van der Waals surface area (Å²) in [5, 5.41) is 2.72. The molecule has 0 aliphatic heterocycles. The molecule has 0 aliphatic rings. The SMILES string of the molecule is CCC(NS(=O)(=O)c1ccc(F)cc1)C(=O)NCCCn1ccnc1. The molecule has 1 aromatic carbocycles. The van der Waals surface area contributed by atoms with Crippen molar-refractivity contribution in [1.29, 1.82) is 0 Å². The lowest BCUT2D eigenvalue weighted by Crippen LogP contribution is -2.46. The summed E-state index contributed by atoms with van der Waals surface area (Å²) in [5.41, 5.74) is 0. The van der Waals surface area contributed by atoms with Crippen molar-refractivity contribution in [2.75, 3.05) is 6.54 Å². The zero-order chi connectivity index (χ0) is 18.3. The highest BCUT2D eigenvalue weighted by Crippen LogP contribution is 2.11. The molecule has 2 N–H and O–H groups in total. The van der Waals surface area contributed by atoms with Crippen LogP contribution in [0.2, 0.25) is 0 Å². The summed E-state index contributed by atoms with van der Waals surface area (Å²) in [6.07, 6.45) is 6.19. The first-order valence-corrected chi connectivity index (χ1v) is 9.42. The number of nitrogens with zero attached hydrogens (tertiary/aromatic N) is 2. The lowest BCUT2D eigenvalue weighted by molar-refractivity contribution is -0.122. The van der Waals surface area contributed by atoms with Gasteiger partial charge in [-0.1, -0.05) is 6.92 Å². The maximum atomic E-state index is 12.9. The van der Waals surface area contributed by atoms with Crippen LogP contribution >= 0.6 is 0 Å². The highest BCUT2D eigenvalue weighted by Gasteiger charge is 2.24. The molecule has 2 aromatic rings. The van der Waals surface area contributed by atoms with E-state index in [0.717, 1.165) is 24.3 Å². The van der Waals surface area contributed by atoms with Gasteiger partial charge in [-0.3, -0.25) is 4.79 Å². The number of carbonyl (C=O) groups is 1. The van der Waals surface area contributed by atoms with Crippen LogP contribution in [0.3, 0.4) is 0 Å². The van der Waals surface area contributed by atoms with Crippen LogP contribution < -0.4 is 10.0 Å². The Morgan fingerprint density at radius 1 is 1.32 bits per heavy atom. The van der Waals surface area contributed by atoms with E-state index in [2.05, 4.69) is 15.0 Å². The summed E-state index contributed by atoms with van der Waals surface area (Å²) >= 11 is 0. The average molecular weight is 368 g/mol. The first kappa shape index (κ1) is 19.1. The quantitative estimate of drug-likeness (QED) is 0.652. The normalized spacial score (nSPS) is 12.7. The minimum absolute atomic E-state index is 0.0831. The third-order valence-corrected chi connectivity index (χ3v) is 5.09. The van der Waals surface area contributed by atoms with Gasteiger partial charge in [0.1, 0.15) is 11.9 Å². The van der Waals surface area contributed by atoms with E-state index in [4.69, 9.17) is 0 Å². The van der Waals surface area contributed by atoms with Crippen molar-refractivity contribution >= 4 is 15.9 Å². The van der Waals surface area contributed by atoms with Gasteiger partial charge in [0.2, 0.25) is 15.9 Å². The zero-order valence-corrected chi connectivity index (χ0v) is 14.7. The van der Waals surface area contributed by atoms with E-state index < -0.39 is 21.9 Å². The van der Waals surface area contributed by atoms with E-state index in [9.17, 15) is 17.6 Å². The van der Waals surface area contributed by atoms with Gasteiger partial charge in [-0.15, -0.1) is 0 Å². The fourth-order valence-corrected chi connectivity index (χ4v) is 3.49. The summed E-state index contributed by atoms with van der Waals surface area (Å²) in [4.78, 5) is 16.0. The summed E-state index contributed by atoms with van der Waals surface area (Å²) < 4.78 is 41.7. The smallest absolute Gasteiger partial charge is 0.241 e. The fourth-order valence-electron chi connectivity index (χ4n) is 2.21. The number of imidazole rings is 1. The van der Waals surface area contributed by atoms with Crippen LogP contribution in [0.25, 0.3) is 0 Å². The Hall–Kier alpha value is -2.26. The molecule has 0 radical (unpaired) electrons. The maximum absolute atomic E-state index is 12.9. The topological polar surface area (TPSA) is 93.1 Å². The summed E-state index contributed by atoms with van der Waals surface area (Å²) in [7, 11) is -3.89. The monoisotopic (exact) mass is 368 g/mol. The predicted octanol–water partition coefficient (Wildman–Crippen LogP) is 1.29. The van der Waals surface area contributed by atoms with Gasteiger partial charge in [-0.25, -0.2) is 17.8 Å². The van der Waals surface area contributed by atoms with Crippen molar-refractivity contribution in [3.05, 3.63) is 48.8 Å². The first-order chi connectivity index (χ1) is 11.9. The van der Waals surface area contributed by atoms with E-state index in [1.807, 2.05) is 10.8 Å². The Balaban J connectivity index is 1.87. The number of aryl methyl sites for hydroxylation is 1. The number of hydrogen-bond donors (Lipinski definition) is 2. The average Bonchev–Trinajstić information content (AvgIpc) is 3.10. The molecule has 0 spiro atoms. The van der Waals surface area contributed by atoms with Gasteiger partial charge in [0.25, 0.3) is 0 Å².